The first kappa shape index (κ1) is 15.1. The van der Waals surface area contributed by atoms with Crippen LogP contribution in [0.3, 0.4) is 0 Å². The normalized spacial score (nSPS) is 18.7. The standard InChI is InChI=1S/C21H23N3O/c1-2-4-16(5-3-1)18-8-9-20-22-21(17-6-7-17)19(24(20)14-18)15-23-10-12-25-13-11-23/h1-5,8-9,14,17H,6-7,10-13,15H2. The number of benzene rings is 1. The van der Waals surface area contributed by atoms with E-state index in [4.69, 9.17) is 9.72 Å². The third-order valence-corrected chi connectivity index (χ3v) is 5.30. The van der Waals surface area contributed by atoms with Gasteiger partial charge in [0.1, 0.15) is 5.65 Å². The number of nitrogens with zero attached hydrogens (tertiary/aromatic N) is 3. The number of pyridine rings is 1. The largest absolute Gasteiger partial charge is 0.379 e. The smallest absolute Gasteiger partial charge is 0.137 e. The van der Waals surface area contributed by atoms with Crippen molar-refractivity contribution >= 4 is 5.65 Å². The Kier molecular flexibility index (Phi) is 3.80. The molecule has 0 spiro atoms. The van der Waals surface area contributed by atoms with Gasteiger partial charge in [-0.05, 0) is 36.1 Å². The zero-order valence-corrected chi connectivity index (χ0v) is 14.4. The van der Waals surface area contributed by atoms with Crippen LogP contribution in [0.1, 0.15) is 30.1 Å². The predicted molar refractivity (Wildman–Crippen MR) is 98.7 cm³/mol. The Morgan fingerprint density at radius 3 is 2.52 bits per heavy atom. The van der Waals surface area contributed by atoms with Crippen molar-refractivity contribution < 1.29 is 4.74 Å². The number of fused-ring (bicyclic) bond motifs is 1. The molecule has 1 saturated heterocycles. The average molecular weight is 333 g/mol. The summed E-state index contributed by atoms with van der Waals surface area (Å²) in [6, 6.07) is 14.9. The summed E-state index contributed by atoms with van der Waals surface area (Å²) in [5, 5.41) is 0. The van der Waals surface area contributed by atoms with E-state index in [9.17, 15) is 0 Å². The molecule has 4 heteroatoms. The number of hydrogen-bond donors (Lipinski definition) is 0. The molecule has 0 N–H and O–H groups in total. The van der Waals surface area contributed by atoms with Crippen LogP contribution in [0, 0.1) is 0 Å². The van der Waals surface area contributed by atoms with Crippen molar-refractivity contribution in [3.63, 3.8) is 0 Å². The Hall–Kier alpha value is -2.17. The van der Waals surface area contributed by atoms with Crippen LogP contribution in [0.2, 0.25) is 0 Å². The van der Waals surface area contributed by atoms with E-state index < -0.39 is 0 Å². The lowest BCUT2D eigenvalue weighted by Crippen LogP contribution is -2.36. The number of aromatic nitrogens is 2. The average Bonchev–Trinajstić information content (AvgIpc) is 3.46. The van der Waals surface area contributed by atoms with Crippen molar-refractivity contribution in [3.05, 3.63) is 60.0 Å². The van der Waals surface area contributed by atoms with Gasteiger partial charge in [0.2, 0.25) is 0 Å². The fraction of sp³-hybridized carbons (Fsp3) is 0.381. The molecule has 128 valence electrons. The molecule has 0 radical (unpaired) electrons. The highest BCUT2D eigenvalue weighted by Crippen LogP contribution is 2.42. The second-order valence-corrected chi connectivity index (χ2v) is 7.12. The molecule has 2 aromatic heterocycles. The van der Waals surface area contributed by atoms with Gasteiger partial charge in [-0.25, -0.2) is 4.98 Å². The minimum Gasteiger partial charge on any atom is -0.379 e. The lowest BCUT2D eigenvalue weighted by atomic mass is 10.1. The first-order chi connectivity index (χ1) is 12.4. The summed E-state index contributed by atoms with van der Waals surface area (Å²) in [5.41, 5.74) is 6.26. The van der Waals surface area contributed by atoms with Gasteiger partial charge in [0, 0.05) is 31.7 Å². The summed E-state index contributed by atoms with van der Waals surface area (Å²) in [6.07, 6.45) is 4.83. The highest BCUT2D eigenvalue weighted by molar-refractivity contribution is 5.65. The van der Waals surface area contributed by atoms with Gasteiger partial charge in [-0.1, -0.05) is 30.3 Å². The Balaban J connectivity index is 1.58. The molecule has 1 aliphatic heterocycles. The fourth-order valence-electron chi connectivity index (χ4n) is 3.72. The van der Waals surface area contributed by atoms with E-state index in [1.54, 1.807) is 0 Å². The SMILES string of the molecule is c1ccc(-c2ccc3nc(C4CC4)c(CN4CCOCC4)n3c2)cc1. The molecule has 1 saturated carbocycles. The van der Waals surface area contributed by atoms with Crippen molar-refractivity contribution in [2.45, 2.75) is 25.3 Å². The maximum atomic E-state index is 5.51. The number of ether oxygens (including phenoxy) is 1. The van der Waals surface area contributed by atoms with Gasteiger partial charge in [0.25, 0.3) is 0 Å². The summed E-state index contributed by atoms with van der Waals surface area (Å²) in [5.74, 6) is 0.663. The first-order valence-corrected chi connectivity index (χ1v) is 9.25. The zero-order chi connectivity index (χ0) is 16.6. The van der Waals surface area contributed by atoms with Gasteiger partial charge in [-0.15, -0.1) is 0 Å². The molecule has 1 aromatic carbocycles. The van der Waals surface area contributed by atoms with Crippen LogP contribution in [-0.4, -0.2) is 40.6 Å². The number of hydrogen-bond acceptors (Lipinski definition) is 3. The maximum absolute atomic E-state index is 5.51. The molecule has 0 amide bonds. The van der Waals surface area contributed by atoms with Gasteiger partial charge in [-0.2, -0.15) is 0 Å². The molecule has 3 heterocycles. The van der Waals surface area contributed by atoms with Crippen LogP contribution >= 0.6 is 0 Å². The number of morpholine rings is 1. The van der Waals surface area contributed by atoms with Crippen molar-refractivity contribution in [1.29, 1.82) is 0 Å². The monoisotopic (exact) mass is 333 g/mol. The quantitative estimate of drug-likeness (QED) is 0.729. The second-order valence-electron chi connectivity index (χ2n) is 7.12. The highest BCUT2D eigenvalue weighted by atomic mass is 16.5. The van der Waals surface area contributed by atoms with E-state index in [1.165, 1.54) is 35.4 Å². The summed E-state index contributed by atoms with van der Waals surface area (Å²) in [6.45, 7) is 4.66. The lowest BCUT2D eigenvalue weighted by molar-refractivity contribution is 0.0334. The molecule has 0 unspecified atom stereocenters. The van der Waals surface area contributed by atoms with Crippen LogP contribution in [0.4, 0.5) is 0 Å². The minimum atomic E-state index is 0.663. The van der Waals surface area contributed by atoms with Crippen LogP contribution < -0.4 is 0 Å². The summed E-state index contributed by atoms with van der Waals surface area (Å²) < 4.78 is 7.83. The summed E-state index contributed by atoms with van der Waals surface area (Å²) in [7, 11) is 0. The van der Waals surface area contributed by atoms with Gasteiger partial charge >= 0.3 is 0 Å². The molecule has 2 fully saturated rings. The molecule has 4 nitrogen and oxygen atoms in total. The fourth-order valence-corrected chi connectivity index (χ4v) is 3.72. The molecule has 1 aliphatic carbocycles. The van der Waals surface area contributed by atoms with Crippen molar-refractivity contribution in [2.75, 3.05) is 26.3 Å². The molecular weight excluding hydrogens is 310 g/mol. The molecule has 0 bridgehead atoms. The van der Waals surface area contributed by atoms with Crippen LogP contribution in [-0.2, 0) is 11.3 Å². The third-order valence-electron chi connectivity index (χ3n) is 5.30. The van der Waals surface area contributed by atoms with Crippen LogP contribution in [0.25, 0.3) is 16.8 Å². The first-order valence-electron chi connectivity index (χ1n) is 9.25. The summed E-state index contributed by atoms with van der Waals surface area (Å²) in [4.78, 5) is 7.47. The summed E-state index contributed by atoms with van der Waals surface area (Å²) >= 11 is 0. The molecular formula is C21H23N3O. The van der Waals surface area contributed by atoms with E-state index in [0.29, 0.717) is 5.92 Å². The van der Waals surface area contributed by atoms with Crippen LogP contribution in [0.5, 0.6) is 0 Å². The van der Waals surface area contributed by atoms with E-state index in [-0.39, 0.29) is 0 Å². The van der Waals surface area contributed by atoms with Gasteiger partial charge < -0.3 is 9.14 Å². The predicted octanol–water partition coefficient (Wildman–Crippen LogP) is 3.71. The minimum absolute atomic E-state index is 0.663. The van der Waals surface area contributed by atoms with Crippen molar-refractivity contribution in [1.82, 2.24) is 14.3 Å². The van der Waals surface area contributed by atoms with Gasteiger partial charge in [0.15, 0.2) is 0 Å². The number of rotatable bonds is 4. The Labute approximate surface area is 148 Å². The third kappa shape index (κ3) is 2.96. The molecule has 25 heavy (non-hydrogen) atoms. The second kappa shape index (κ2) is 6.28. The van der Waals surface area contributed by atoms with Gasteiger partial charge in [-0.3, -0.25) is 4.90 Å². The van der Waals surface area contributed by atoms with Crippen LogP contribution in [0.15, 0.2) is 48.7 Å². The van der Waals surface area contributed by atoms with Gasteiger partial charge in [0.05, 0.1) is 24.6 Å². The molecule has 0 atom stereocenters. The van der Waals surface area contributed by atoms with E-state index in [1.807, 2.05) is 0 Å². The highest BCUT2D eigenvalue weighted by Gasteiger charge is 2.30. The van der Waals surface area contributed by atoms with Crippen molar-refractivity contribution in [3.8, 4) is 11.1 Å². The Morgan fingerprint density at radius 1 is 0.960 bits per heavy atom. The van der Waals surface area contributed by atoms with Crippen molar-refractivity contribution in [2.24, 2.45) is 0 Å². The molecule has 2 aliphatic rings. The van der Waals surface area contributed by atoms with E-state index in [2.05, 4.69) is 58.0 Å². The zero-order valence-electron chi connectivity index (χ0n) is 14.4. The topological polar surface area (TPSA) is 29.8 Å². The number of imidazole rings is 1. The molecule has 5 rings (SSSR count). The maximum Gasteiger partial charge on any atom is 0.137 e. The Bertz CT molecular complexity index is 877. The van der Waals surface area contributed by atoms with E-state index >= 15 is 0 Å². The molecule has 3 aromatic rings. The lowest BCUT2D eigenvalue weighted by Gasteiger charge is -2.26. The van der Waals surface area contributed by atoms with E-state index in [0.717, 1.165) is 38.5 Å². The Morgan fingerprint density at radius 2 is 1.76 bits per heavy atom.